The lowest BCUT2D eigenvalue weighted by Gasteiger charge is -2.29. The molecule has 0 aliphatic carbocycles. The second kappa shape index (κ2) is 12.3. The Balaban J connectivity index is 1.64. The summed E-state index contributed by atoms with van der Waals surface area (Å²) in [6.45, 7) is 3.37. The van der Waals surface area contributed by atoms with Crippen LogP contribution in [0, 0.1) is 0 Å². The fourth-order valence-electron chi connectivity index (χ4n) is 3.21. The Hall–Kier alpha value is -2.50. The largest absolute Gasteiger partial charge is 0.391 e. The van der Waals surface area contributed by atoms with Crippen LogP contribution in [0.15, 0.2) is 91.0 Å². The number of hydrogen-bond donors (Lipinski definition) is 1. The molecule has 3 rings (SSSR count). The molecule has 0 fully saturated rings. The molecule has 0 bridgehead atoms. The minimum absolute atomic E-state index is 0.325. The molecule has 158 valence electrons. The van der Waals surface area contributed by atoms with Crippen molar-refractivity contribution in [2.45, 2.75) is 45.1 Å². The summed E-state index contributed by atoms with van der Waals surface area (Å²) < 4.78 is 18.2. The summed E-state index contributed by atoms with van der Waals surface area (Å²) in [5, 5.41) is 10.4. The molecule has 0 radical (unpaired) electrons. The number of hydrogen-bond acceptors (Lipinski definition) is 4. The quantitative estimate of drug-likeness (QED) is 0.471. The Labute approximate surface area is 179 Å². The summed E-state index contributed by atoms with van der Waals surface area (Å²) in [4.78, 5) is 0. The van der Waals surface area contributed by atoms with Gasteiger partial charge in [0.25, 0.3) is 0 Å². The molecule has 0 spiro atoms. The molecule has 1 N–H and O–H groups in total. The molecule has 0 aliphatic heterocycles. The van der Waals surface area contributed by atoms with Crippen molar-refractivity contribution in [1.82, 2.24) is 0 Å². The maximum atomic E-state index is 10.4. The molecule has 0 aliphatic rings. The van der Waals surface area contributed by atoms with E-state index < -0.39 is 18.3 Å². The van der Waals surface area contributed by atoms with Gasteiger partial charge in [0.1, 0.15) is 12.2 Å². The van der Waals surface area contributed by atoms with Crippen LogP contribution in [0.1, 0.15) is 23.6 Å². The predicted octanol–water partition coefficient (Wildman–Crippen LogP) is 4.75. The second-order valence-corrected chi connectivity index (χ2v) is 7.34. The molecular formula is C26H30O4. The van der Waals surface area contributed by atoms with Crippen LogP contribution in [-0.2, 0) is 34.0 Å². The summed E-state index contributed by atoms with van der Waals surface area (Å²) in [6.07, 6.45) is -1.61. The molecule has 0 saturated heterocycles. The number of aliphatic hydroxyl groups excluding tert-OH is 1. The van der Waals surface area contributed by atoms with Gasteiger partial charge in [-0.3, -0.25) is 0 Å². The molecule has 0 aromatic heterocycles. The van der Waals surface area contributed by atoms with Crippen LogP contribution in [0.4, 0.5) is 0 Å². The van der Waals surface area contributed by atoms with Gasteiger partial charge in [0.05, 0.1) is 32.5 Å². The molecule has 3 aromatic carbocycles. The predicted molar refractivity (Wildman–Crippen MR) is 118 cm³/mol. The van der Waals surface area contributed by atoms with Crippen molar-refractivity contribution >= 4 is 0 Å². The first-order chi connectivity index (χ1) is 14.7. The molecule has 4 heteroatoms. The standard InChI is InChI=1S/C26H30O4/c1-21(27)26(30-19-24-15-9-4-10-16-24)25(29-18-23-13-7-3-8-14-23)20-28-17-22-11-5-2-6-12-22/h2-16,21,25-27H,17-20H2,1H3/t21-,25+,26-/m1/s1. The van der Waals surface area contributed by atoms with Crippen LogP contribution in [0.5, 0.6) is 0 Å². The average Bonchev–Trinajstić information content (AvgIpc) is 2.79. The van der Waals surface area contributed by atoms with Crippen LogP contribution >= 0.6 is 0 Å². The normalized spacial score (nSPS) is 14.2. The van der Waals surface area contributed by atoms with Crippen LogP contribution in [0.3, 0.4) is 0 Å². The third-order valence-electron chi connectivity index (χ3n) is 4.83. The Morgan fingerprint density at radius 3 is 1.53 bits per heavy atom. The SMILES string of the molecule is C[C@@H](O)[C@@H](OCc1ccccc1)[C@H](COCc1ccccc1)OCc1ccccc1. The van der Waals surface area contributed by atoms with Crippen LogP contribution in [0.2, 0.25) is 0 Å². The zero-order valence-corrected chi connectivity index (χ0v) is 17.4. The van der Waals surface area contributed by atoms with Crippen molar-refractivity contribution in [3.05, 3.63) is 108 Å². The van der Waals surface area contributed by atoms with Crippen molar-refractivity contribution in [3.8, 4) is 0 Å². The first-order valence-corrected chi connectivity index (χ1v) is 10.3. The van der Waals surface area contributed by atoms with Gasteiger partial charge in [-0.2, -0.15) is 0 Å². The highest BCUT2D eigenvalue weighted by molar-refractivity contribution is 5.15. The summed E-state index contributed by atoms with van der Waals surface area (Å²) in [5.41, 5.74) is 3.21. The van der Waals surface area contributed by atoms with E-state index in [2.05, 4.69) is 0 Å². The van der Waals surface area contributed by atoms with E-state index in [1.54, 1.807) is 6.92 Å². The van der Waals surface area contributed by atoms with Gasteiger partial charge in [-0.25, -0.2) is 0 Å². The Kier molecular flexibility index (Phi) is 9.06. The highest BCUT2D eigenvalue weighted by Crippen LogP contribution is 2.16. The van der Waals surface area contributed by atoms with Crippen molar-refractivity contribution in [2.75, 3.05) is 6.61 Å². The fraction of sp³-hybridized carbons (Fsp3) is 0.308. The minimum atomic E-state index is -0.699. The number of benzene rings is 3. The first-order valence-electron chi connectivity index (χ1n) is 10.3. The lowest BCUT2D eigenvalue weighted by Crippen LogP contribution is -2.42. The van der Waals surface area contributed by atoms with Gasteiger partial charge in [-0.15, -0.1) is 0 Å². The van der Waals surface area contributed by atoms with Crippen molar-refractivity contribution in [1.29, 1.82) is 0 Å². The van der Waals surface area contributed by atoms with Gasteiger partial charge in [0.15, 0.2) is 0 Å². The Morgan fingerprint density at radius 2 is 1.07 bits per heavy atom. The Bertz CT molecular complexity index is 821. The van der Waals surface area contributed by atoms with Crippen molar-refractivity contribution in [3.63, 3.8) is 0 Å². The third-order valence-corrected chi connectivity index (χ3v) is 4.83. The summed E-state index contributed by atoms with van der Waals surface area (Å²) in [7, 11) is 0. The average molecular weight is 407 g/mol. The van der Waals surface area contributed by atoms with E-state index in [0.29, 0.717) is 26.4 Å². The summed E-state index contributed by atoms with van der Waals surface area (Å²) in [5.74, 6) is 0. The van der Waals surface area contributed by atoms with E-state index in [4.69, 9.17) is 14.2 Å². The van der Waals surface area contributed by atoms with Gasteiger partial charge in [-0.1, -0.05) is 91.0 Å². The second-order valence-electron chi connectivity index (χ2n) is 7.34. The number of rotatable bonds is 12. The maximum absolute atomic E-state index is 10.4. The van der Waals surface area contributed by atoms with E-state index in [-0.39, 0.29) is 0 Å². The van der Waals surface area contributed by atoms with Crippen molar-refractivity contribution in [2.24, 2.45) is 0 Å². The van der Waals surface area contributed by atoms with Gasteiger partial charge in [0, 0.05) is 0 Å². The topological polar surface area (TPSA) is 47.9 Å². The fourth-order valence-corrected chi connectivity index (χ4v) is 3.21. The van der Waals surface area contributed by atoms with E-state index in [0.717, 1.165) is 16.7 Å². The monoisotopic (exact) mass is 406 g/mol. The van der Waals surface area contributed by atoms with Gasteiger partial charge in [0.2, 0.25) is 0 Å². The molecule has 0 unspecified atom stereocenters. The minimum Gasteiger partial charge on any atom is -0.391 e. The van der Waals surface area contributed by atoms with Crippen LogP contribution in [-0.4, -0.2) is 30.0 Å². The highest BCUT2D eigenvalue weighted by atomic mass is 16.6. The van der Waals surface area contributed by atoms with Gasteiger partial charge < -0.3 is 19.3 Å². The molecule has 0 saturated carbocycles. The lowest BCUT2D eigenvalue weighted by molar-refractivity contribution is -0.149. The van der Waals surface area contributed by atoms with Crippen molar-refractivity contribution < 1.29 is 19.3 Å². The van der Waals surface area contributed by atoms with E-state index in [1.165, 1.54) is 0 Å². The zero-order valence-electron chi connectivity index (χ0n) is 17.4. The van der Waals surface area contributed by atoms with Crippen LogP contribution in [0.25, 0.3) is 0 Å². The molecule has 0 heterocycles. The highest BCUT2D eigenvalue weighted by Gasteiger charge is 2.28. The number of ether oxygens (including phenoxy) is 3. The molecule has 3 atom stereocenters. The first kappa shape index (κ1) is 22.2. The van der Waals surface area contributed by atoms with E-state index >= 15 is 0 Å². The smallest absolute Gasteiger partial charge is 0.112 e. The summed E-state index contributed by atoms with van der Waals surface area (Å²) >= 11 is 0. The molecule has 3 aromatic rings. The molecule has 30 heavy (non-hydrogen) atoms. The molecular weight excluding hydrogens is 376 g/mol. The van der Waals surface area contributed by atoms with Crippen LogP contribution < -0.4 is 0 Å². The molecule has 0 amide bonds. The van der Waals surface area contributed by atoms with E-state index in [9.17, 15) is 5.11 Å². The van der Waals surface area contributed by atoms with E-state index in [1.807, 2.05) is 91.0 Å². The van der Waals surface area contributed by atoms with Gasteiger partial charge >= 0.3 is 0 Å². The lowest BCUT2D eigenvalue weighted by atomic mass is 10.1. The molecule has 4 nitrogen and oxygen atoms in total. The summed E-state index contributed by atoms with van der Waals surface area (Å²) in [6, 6.07) is 29.9. The number of aliphatic hydroxyl groups is 1. The maximum Gasteiger partial charge on any atom is 0.112 e. The Morgan fingerprint density at radius 1 is 0.633 bits per heavy atom. The third kappa shape index (κ3) is 7.39. The van der Waals surface area contributed by atoms with Gasteiger partial charge in [-0.05, 0) is 23.6 Å². The zero-order chi connectivity index (χ0) is 21.0.